The molecule has 0 bridgehead atoms. The summed E-state index contributed by atoms with van der Waals surface area (Å²) in [6, 6.07) is 2.53. The van der Waals surface area contributed by atoms with Gasteiger partial charge in [0.15, 0.2) is 0 Å². The molecule has 66 valence electrons. The topological polar surface area (TPSA) is 20.2 Å². The summed E-state index contributed by atoms with van der Waals surface area (Å²) < 4.78 is 13.0. The van der Waals surface area contributed by atoms with Gasteiger partial charge in [-0.1, -0.05) is 23.2 Å². The highest BCUT2D eigenvalue weighted by Gasteiger charge is 2.14. The molecule has 0 saturated carbocycles. The molecule has 1 rings (SSSR count). The Morgan fingerprint density at radius 3 is 2.42 bits per heavy atom. The first-order valence-electron chi connectivity index (χ1n) is 3.35. The Morgan fingerprint density at radius 1 is 1.42 bits per heavy atom. The average Bonchev–Trinajstić information content (AvgIpc) is 1.97. The van der Waals surface area contributed by atoms with Crippen LogP contribution in [0.3, 0.4) is 0 Å². The summed E-state index contributed by atoms with van der Waals surface area (Å²) in [7, 11) is 0. The maximum atomic E-state index is 13.0. The van der Waals surface area contributed by atoms with Crippen molar-refractivity contribution in [1.29, 1.82) is 0 Å². The number of aliphatic hydroxyl groups is 1. The van der Waals surface area contributed by atoms with Gasteiger partial charge in [-0.2, -0.15) is 0 Å². The second kappa shape index (κ2) is 3.60. The zero-order valence-corrected chi connectivity index (χ0v) is 7.83. The van der Waals surface area contributed by atoms with Gasteiger partial charge in [-0.25, -0.2) is 4.39 Å². The van der Waals surface area contributed by atoms with Gasteiger partial charge >= 0.3 is 0 Å². The minimum atomic E-state index is -0.948. The van der Waals surface area contributed by atoms with Crippen LogP contribution in [0.2, 0.25) is 10.0 Å². The molecule has 1 atom stereocenters. The molecule has 0 aliphatic rings. The monoisotopic (exact) mass is 208 g/mol. The Kier molecular flexibility index (Phi) is 2.94. The zero-order chi connectivity index (χ0) is 9.30. The van der Waals surface area contributed by atoms with E-state index in [1.807, 2.05) is 0 Å². The summed E-state index contributed by atoms with van der Waals surface area (Å²) in [5, 5.41) is 9.45. The van der Waals surface area contributed by atoms with Gasteiger partial charge in [0.05, 0.1) is 16.1 Å². The van der Waals surface area contributed by atoms with Gasteiger partial charge in [-0.3, -0.25) is 0 Å². The molecule has 0 aliphatic heterocycles. The third-order valence-electron chi connectivity index (χ3n) is 1.50. The molecule has 0 heterocycles. The number of hydrogen-bond acceptors (Lipinski definition) is 1. The lowest BCUT2D eigenvalue weighted by Crippen LogP contribution is -1.97. The maximum absolute atomic E-state index is 13.0. The van der Waals surface area contributed by atoms with Crippen LogP contribution in [0.1, 0.15) is 18.6 Å². The van der Waals surface area contributed by atoms with Gasteiger partial charge in [0.25, 0.3) is 0 Å². The molecule has 0 fully saturated rings. The van der Waals surface area contributed by atoms with Crippen LogP contribution in [0.4, 0.5) is 4.39 Å². The van der Waals surface area contributed by atoms with E-state index in [4.69, 9.17) is 28.3 Å². The van der Waals surface area contributed by atoms with Crippen LogP contribution in [0, 0.1) is 5.82 Å². The molecule has 12 heavy (non-hydrogen) atoms. The van der Waals surface area contributed by atoms with Crippen LogP contribution in [0.15, 0.2) is 12.1 Å². The van der Waals surface area contributed by atoms with Crippen molar-refractivity contribution in [3.8, 4) is 0 Å². The molecular formula is C8H7Cl2FO. The largest absolute Gasteiger partial charge is 0.389 e. The third-order valence-corrected chi connectivity index (χ3v) is 2.32. The van der Waals surface area contributed by atoms with E-state index in [1.54, 1.807) is 0 Å². The Labute approximate surface area is 79.7 Å². The molecule has 0 spiro atoms. The lowest BCUT2D eigenvalue weighted by Gasteiger charge is -2.09. The lowest BCUT2D eigenvalue weighted by molar-refractivity contribution is 0.194. The first-order chi connectivity index (χ1) is 5.54. The highest BCUT2D eigenvalue weighted by Crippen LogP contribution is 2.31. The van der Waals surface area contributed by atoms with Gasteiger partial charge in [-0.05, 0) is 19.1 Å². The van der Waals surface area contributed by atoms with E-state index in [0.29, 0.717) is 0 Å². The molecule has 1 N–H and O–H groups in total. The molecule has 0 aliphatic carbocycles. The van der Waals surface area contributed by atoms with Gasteiger partial charge in [-0.15, -0.1) is 0 Å². The van der Waals surface area contributed by atoms with Crippen LogP contribution < -0.4 is 0 Å². The second-order valence-corrected chi connectivity index (χ2v) is 3.22. The number of aliphatic hydroxyl groups excluding tert-OH is 1. The van der Waals surface area contributed by atoms with Crippen molar-refractivity contribution in [2.24, 2.45) is 0 Å². The van der Waals surface area contributed by atoms with Gasteiger partial charge in [0.1, 0.15) is 5.82 Å². The molecule has 1 unspecified atom stereocenters. The first-order valence-corrected chi connectivity index (χ1v) is 4.11. The summed E-state index contributed by atoms with van der Waals surface area (Å²) in [5.41, 5.74) is 0.0455. The van der Waals surface area contributed by atoms with Crippen LogP contribution in [0.25, 0.3) is 0 Å². The fraction of sp³-hybridized carbons (Fsp3) is 0.250. The summed E-state index contributed by atoms with van der Waals surface area (Å²) in [5.74, 6) is -0.542. The van der Waals surface area contributed by atoms with E-state index in [-0.39, 0.29) is 15.6 Å². The number of rotatable bonds is 1. The van der Waals surface area contributed by atoms with E-state index in [9.17, 15) is 4.39 Å². The molecule has 1 aromatic rings. The van der Waals surface area contributed by atoms with Crippen molar-refractivity contribution < 1.29 is 9.50 Å². The van der Waals surface area contributed by atoms with Crippen molar-refractivity contribution in [2.75, 3.05) is 0 Å². The molecule has 0 amide bonds. The van der Waals surface area contributed by atoms with Gasteiger partial charge in [0.2, 0.25) is 0 Å². The maximum Gasteiger partial charge on any atom is 0.130 e. The summed E-state index contributed by atoms with van der Waals surface area (Å²) in [6.07, 6.45) is -0.948. The van der Waals surface area contributed by atoms with Crippen LogP contribution >= 0.6 is 23.2 Å². The molecule has 0 saturated heterocycles. The minimum absolute atomic E-state index is 0.0455. The molecule has 0 aromatic heterocycles. The standard InChI is InChI=1S/C8H7Cl2FO/c1-4(12)7-6(11)3-2-5(9)8(7)10/h2-4,12H,1H3. The fourth-order valence-electron chi connectivity index (χ4n) is 0.926. The highest BCUT2D eigenvalue weighted by atomic mass is 35.5. The molecular weight excluding hydrogens is 202 g/mol. The summed E-state index contributed by atoms with van der Waals surface area (Å²) in [4.78, 5) is 0. The Balaban J connectivity index is 3.33. The van der Waals surface area contributed by atoms with Crippen molar-refractivity contribution in [3.05, 3.63) is 33.6 Å². The highest BCUT2D eigenvalue weighted by molar-refractivity contribution is 6.42. The number of benzene rings is 1. The van der Waals surface area contributed by atoms with Crippen LogP contribution in [-0.2, 0) is 0 Å². The van der Waals surface area contributed by atoms with E-state index < -0.39 is 11.9 Å². The predicted octanol–water partition coefficient (Wildman–Crippen LogP) is 3.19. The van der Waals surface area contributed by atoms with Crippen LogP contribution in [-0.4, -0.2) is 5.11 Å². The predicted molar refractivity (Wildman–Crippen MR) is 47.1 cm³/mol. The summed E-state index contributed by atoms with van der Waals surface area (Å²) in [6.45, 7) is 1.43. The van der Waals surface area contributed by atoms with E-state index in [0.717, 1.165) is 0 Å². The molecule has 4 heteroatoms. The smallest absolute Gasteiger partial charge is 0.130 e. The molecule has 0 radical (unpaired) electrons. The van der Waals surface area contributed by atoms with Crippen molar-refractivity contribution in [1.82, 2.24) is 0 Å². The van der Waals surface area contributed by atoms with Crippen LogP contribution in [0.5, 0.6) is 0 Å². The van der Waals surface area contributed by atoms with E-state index >= 15 is 0 Å². The van der Waals surface area contributed by atoms with Crippen molar-refractivity contribution in [3.63, 3.8) is 0 Å². The SMILES string of the molecule is CC(O)c1c(F)ccc(Cl)c1Cl. The zero-order valence-electron chi connectivity index (χ0n) is 6.31. The van der Waals surface area contributed by atoms with Gasteiger partial charge in [0, 0.05) is 5.56 Å². The van der Waals surface area contributed by atoms with E-state index in [1.165, 1.54) is 19.1 Å². The van der Waals surface area contributed by atoms with Gasteiger partial charge < -0.3 is 5.11 Å². The fourth-order valence-corrected chi connectivity index (χ4v) is 1.40. The normalized spacial score (nSPS) is 13.1. The van der Waals surface area contributed by atoms with Crippen molar-refractivity contribution >= 4 is 23.2 Å². The van der Waals surface area contributed by atoms with Crippen molar-refractivity contribution in [2.45, 2.75) is 13.0 Å². The lowest BCUT2D eigenvalue weighted by atomic mass is 10.1. The Bertz CT molecular complexity index is 299. The minimum Gasteiger partial charge on any atom is -0.389 e. The number of hydrogen-bond donors (Lipinski definition) is 1. The summed E-state index contributed by atoms with van der Waals surface area (Å²) >= 11 is 11.3. The van der Waals surface area contributed by atoms with E-state index in [2.05, 4.69) is 0 Å². The first kappa shape index (κ1) is 9.78. The second-order valence-electron chi connectivity index (χ2n) is 2.43. The Morgan fingerprint density at radius 2 is 2.00 bits per heavy atom. The third kappa shape index (κ3) is 1.71. The molecule has 1 aromatic carbocycles. The Hall–Kier alpha value is -0.310. The quantitative estimate of drug-likeness (QED) is 0.704. The molecule has 1 nitrogen and oxygen atoms in total. The average molecular weight is 209 g/mol. The number of halogens is 3.